The Morgan fingerprint density at radius 3 is 2.59 bits per heavy atom. The van der Waals surface area contributed by atoms with Gasteiger partial charge in [0.05, 0.1) is 31.9 Å². The first-order valence-corrected chi connectivity index (χ1v) is 20.9. The van der Waals surface area contributed by atoms with Crippen LogP contribution >= 0.6 is 0 Å². The standard InChI is InChI=1S/C39H46F5N5O9S/c1-5-29-31(46-35(52)58-36(2,3)39(42,43)44)27-15-23(56-29)9-7-6-8-22-18-38(22,34(51)48-59(53,54)37(20-40)11-12-37)47-32(50)28-16-24(19-49(27)28)57-33-25-17-26(41)30(55-4)14-21(25)10-13-45-33/h6,8,10,13-15,17,22-24,28-29,31H,5,7,9,11-12,16,18-20H2,1-4H3,(H,46,52)(H,47,50)(H,48,51)/b8-6-/t22-,23+,24-,28+,29+,31-,38-/m1/s1. The lowest BCUT2D eigenvalue weighted by atomic mass is 9.96. The van der Waals surface area contributed by atoms with Gasteiger partial charge in [-0.3, -0.25) is 14.3 Å². The summed E-state index contributed by atoms with van der Waals surface area (Å²) in [6.45, 7) is 1.92. The van der Waals surface area contributed by atoms with Crippen LogP contribution < -0.4 is 24.8 Å². The zero-order valence-electron chi connectivity index (χ0n) is 32.7. The van der Waals surface area contributed by atoms with Crippen LogP contribution in [-0.4, -0.2) is 109 Å². The number of hydrogen-bond acceptors (Lipinski definition) is 11. The van der Waals surface area contributed by atoms with Crippen LogP contribution in [0, 0.1) is 11.7 Å². The molecule has 7 atom stereocenters. The van der Waals surface area contributed by atoms with E-state index in [-0.39, 0.29) is 50.3 Å². The molecule has 322 valence electrons. The molecule has 14 nitrogen and oxygen atoms in total. The van der Waals surface area contributed by atoms with E-state index < -0.39 is 98.8 Å². The van der Waals surface area contributed by atoms with Gasteiger partial charge in [0, 0.05) is 29.6 Å². The smallest absolute Gasteiger partial charge is 0.427 e. The zero-order chi connectivity index (χ0) is 42.7. The van der Waals surface area contributed by atoms with Gasteiger partial charge >= 0.3 is 12.3 Å². The molecule has 0 spiro atoms. The third-order valence-electron chi connectivity index (χ3n) is 11.9. The maximum absolute atomic E-state index is 14.9. The Kier molecular flexibility index (Phi) is 11.1. The number of alkyl halides is 4. The van der Waals surface area contributed by atoms with Crippen LogP contribution in [0.25, 0.3) is 10.8 Å². The van der Waals surface area contributed by atoms with Crippen LogP contribution in [0.2, 0.25) is 0 Å². The van der Waals surface area contributed by atoms with Gasteiger partial charge in [0.25, 0.3) is 5.91 Å². The summed E-state index contributed by atoms with van der Waals surface area (Å²) in [7, 11) is -3.13. The molecule has 2 aromatic rings. The van der Waals surface area contributed by atoms with Crippen molar-refractivity contribution in [2.45, 2.75) is 118 Å². The number of carbonyl (C=O) groups excluding carboxylic acids is 3. The number of allylic oxidation sites excluding steroid dienone is 1. The molecule has 2 saturated carbocycles. The Hall–Kier alpha value is -4.72. The van der Waals surface area contributed by atoms with E-state index in [1.807, 2.05) is 4.72 Å². The molecule has 3 fully saturated rings. The lowest BCUT2D eigenvalue weighted by Crippen LogP contribution is -2.59. The van der Waals surface area contributed by atoms with Crippen molar-refractivity contribution in [1.82, 2.24) is 25.2 Å². The highest BCUT2D eigenvalue weighted by atomic mass is 32.2. The number of hydrogen-bond donors (Lipinski definition) is 3. The van der Waals surface area contributed by atoms with Crippen molar-refractivity contribution in [1.29, 1.82) is 0 Å². The molecule has 2 aliphatic carbocycles. The van der Waals surface area contributed by atoms with Crippen LogP contribution in [0.5, 0.6) is 11.6 Å². The van der Waals surface area contributed by atoms with E-state index in [1.54, 1.807) is 36.1 Å². The molecule has 0 radical (unpaired) electrons. The van der Waals surface area contributed by atoms with Gasteiger partial charge in [-0.15, -0.1) is 0 Å². The van der Waals surface area contributed by atoms with Crippen molar-refractivity contribution >= 4 is 38.7 Å². The highest BCUT2D eigenvalue weighted by molar-refractivity contribution is 7.91. The molecule has 4 heterocycles. The number of methoxy groups -OCH3 is 1. The Bertz CT molecular complexity index is 2180. The SMILES string of the molecule is CC[C@@H]1O[C@@H]2C=C([C@H]1NC(=O)OC(C)(C)C(F)(F)F)N1C[C@H](Oc3nccc4cc(OC)c(F)cc34)C[C@H]1C(=O)N[C@]1(C(=O)NS(=O)(=O)C3(CF)CC3)C[C@H]1/C=C\CC2. The van der Waals surface area contributed by atoms with Gasteiger partial charge in [0.1, 0.15) is 29.1 Å². The van der Waals surface area contributed by atoms with E-state index in [1.165, 1.54) is 25.4 Å². The summed E-state index contributed by atoms with van der Waals surface area (Å²) in [6, 6.07) is 1.96. The van der Waals surface area contributed by atoms with Gasteiger partial charge < -0.3 is 34.5 Å². The van der Waals surface area contributed by atoms with Crippen LogP contribution in [0.15, 0.2) is 48.3 Å². The number of amides is 3. The number of halogens is 5. The maximum Gasteiger partial charge on any atom is 0.427 e. The fourth-order valence-corrected chi connectivity index (χ4v) is 9.34. The number of aromatic nitrogens is 1. The molecule has 1 aromatic carbocycles. The average molecular weight is 856 g/mol. The fourth-order valence-electron chi connectivity index (χ4n) is 7.91. The first-order valence-electron chi connectivity index (χ1n) is 19.4. The molecule has 3 aliphatic heterocycles. The number of ether oxygens (including phenoxy) is 4. The number of rotatable bonds is 10. The van der Waals surface area contributed by atoms with Crippen LogP contribution in [0.1, 0.15) is 65.7 Å². The summed E-state index contributed by atoms with van der Waals surface area (Å²) in [6.07, 6.45) is -0.877. The third kappa shape index (κ3) is 8.01. The van der Waals surface area contributed by atoms with E-state index in [9.17, 15) is 44.8 Å². The molecule has 5 aliphatic rings. The highest BCUT2D eigenvalue weighted by Gasteiger charge is 2.64. The maximum atomic E-state index is 14.9. The van der Waals surface area contributed by atoms with Crippen molar-refractivity contribution in [2.75, 3.05) is 20.3 Å². The number of sulfonamides is 1. The van der Waals surface area contributed by atoms with E-state index in [2.05, 4.69) is 15.6 Å². The summed E-state index contributed by atoms with van der Waals surface area (Å²) >= 11 is 0. The number of pyridine rings is 1. The number of benzene rings is 1. The molecule has 20 heteroatoms. The minimum absolute atomic E-state index is 0.00949. The second kappa shape index (κ2) is 15.4. The average Bonchev–Trinajstić information content (AvgIpc) is 4.07. The molecule has 2 bridgehead atoms. The van der Waals surface area contributed by atoms with E-state index >= 15 is 0 Å². The van der Waals surface area contributed by atoms with Crippen molar-refractivity contribution in [3.05, 3.63) is 54.1 Å². The van der Waals surface area contributed by atoms with Gasteiger partial charge in [-0.1, -0.05) is 19.1 Å². The summed E-state index contributed by atoms with van der Waals surface area (Å²) < 4.78 is 119. The number of fused-ring (bicyclic) bond motifs is 5. The second-order valence-electron chi connectivity index (χ2n) is 16.2. The van der Waals surface area contributed by atoms with Crippen molar-refractivity contribution in [2.24, 2.45) is 5.92 Å². The molecule has 59 heavy (non-hydrogen) atoms. The van der Waals surface area contributed by atoms with E-state index in [0.29, 0.717) is 43.2 Å². The molecule has 0 unspecified atom stereocenters. The number of nitrogens with zero attached hydrogens (tertiary/aromatic N) is 2. The monoisotopic (exact) mass is 855 g/mol. The Balaban J connectivity index is 1.25. The van der Waals surface area contributed by atoms with Gasteiger partial charge in [0.15, 0.2) is 11.6 Å². The molecular weight excluding hydrogens is 810 g/mol. The zero-order valence-corrected chi connectivity index (χ0v) is 33.6. The van der Waals surface area contributed by atoms with Crippen LogP contribution in [0.4, 0.5) is 26.7 Å². The van der Waals surface area contributed by atoms with Crippen molar-refractivity contribution in [3.63, 3.8) is 0 Å². The molecule has 3 N–H and O–H groups in total. The normalized spacial score (nSPS) is 29.5. The Morgan fingerprint density at radius 1 is 1.19 bits per heavy atom. The largest absolute Gasteiger partial charge is 0.494 e. The molecule has 1 saturated heterocycles. The predicted octanol–water partition coefficient (Wildman–Crippen LogP) is 4.87. The molecular formula is C39H46F5N5O9S. The lowest BCUT2D eigenvalue weighted by molar-refractivity contribution is -0.244. The summed E-state index contributed by atoms with van der Waals surface area (Å²) in [5, 5.41) is 6.17. The predicted molar refractivity (Wildman–Crippen MR) is 201 cm³/mol. The highest BCUT2D eigenvalue weighted by Crippen LogP contribution is 2.48. The number of nitrogens with one attached hydrogen (secondary N) is 3. The van der Waals surface area contributed by atoms with Crippen LogP contribution in [-0.2, 0) is 29.1 Å². The number of carbonyl (C=O) groups is 3. The van der Waals surface area contributed by atoms with E-state index in [0.717, 1.165) is 0 Å². The second-order valence-corrected chi connectivity index (χ2v) is 18.3. The van der Waals surface area contributed by atoms with Gasteiger partial charge in [0.2, 0.25) is 27.4 Å². The minimum atomic E-state index is -4.90. The fraction of sp³-hybridized carbons (Fsp3) is 0.590. The van der Waals surface area contributed by atoms with Crippen molar-refractivity contribution in [3.8, 4) is 11.6 Å². The summed E-state index contributed by atoms with van der Waals surface area (Å²) in [4.78, 5) is 47.7. The first-order chi connectivity index (χ1) is 27.8. The summed E-state index contributed by atoms with van der Waals surface area (Å²) in [5.74, 6) is -3.04. The quantitative estimate of drug-likeness (QED) is 0.220. The lowest BCUT2D eigenvalue weighted by Gasteiger charge is -2.42. The van der Waals surface area contributed by atoms with Gasteiger partial charge in [-0.05, 0) is 82.0 Å². The summed E-state index contributed by atoms with van der Waals surface area (Å²) in [5.41, 5.74) is -4.28. The number of alkyl carbamates (subject to hydrolysis) is 1. The molecule has 3 amide bonds. The first kappa shape index (κ1) is 42.4. The molecule has 1 aromatic heterocycles. The topological polar surface area (TPSA) is 174 Å². The van der Waals surface area contributed by atoms with E-state index in [4.69, 9.17) is 18.9 Å². The Morgan fingerprint density at radius 2 is 1.93 bits per heavy atom. The van der Waals surface area contributed by atoms with Gasteiger partial charge in [-0.25, -0.2) is 27.0 Å². The van der Waals surface area contributed by atoms with Gasteiger partial charge in [-0.2, -0.15) is 13.2 Å². The minimum Gasteiger partial charge on any atom is -0.494 e. The molecule has 7 rings (SSSR count). The third-order valence-corrected chi connectivity index (χ3v) is 14.0. The Labute approximate surface area is 337 Å². The van der Waals surface area contributed by atoms with Crippen LogP contribution in [0.3, 0.4) is 0 Å². The van der Waals surface area contributed by atoms with Crippen molar-refractivity contribution < 1.29 is 63.7 Å².